The topological polar surface area (TPSA) is 149 Å². The van der Waals surface area contributed by atoms with E-state index in [0.29, 0.717) is 30.4 Å². The lowest BCUT2D eigenvalue weighted by Crippen LogP contribution is -2.35. The number of carbonyl (C=O) groups is 4. The molecule has 6 atom stereocenters. The number of amides is 2. The number of nitrogens with two attached hydrogens (primary N) is 1. The van der Waals surface area contributed by atoms with E-state index in [1.165, 1.54) is 6.26 Å². The number of fused-ring (bicyclic) bond motifs is 2. The molecule has 2 bridgehead atoms. The van der Waals surface area contributed by atoms with Crippen molar-refractivity contribution in [1.82, 2.24) is 5.32 Å². The molecular weight excluding hydrogens is 572 g/mol. The fraction of sp³-hybridized carbons (Fsp3) is 0.444. The summed E-state index contributed by atoms with van der Waals surface area (Å²) in [5.74, 6) is -2.01. The van der Waals surface area contributed by atoms with Gasteiger partial charge in [-0.05, 0) is 69.1 Å². The molecule has 0 radical (unpaired) electrons. The number of aliphatic hydroxyl groups is 1. The number of furan rings is 1. The van der Waals surface area contributed by atoms with E-state index in [-0.39, 0.29) is 58.5 Å². The van der Waals surface area contributed by atoms with Crippen molar-refractivity contribution in [2.45, 2.75) is 79.4 Å². The number of ether oxygens (including phenoxy) is 1. The van der Waals surface area contributed by atoms with Crippen molar-refractivity contribution in [3.05, 3.63) is 89.1 Å². The summed E-state index contributed by atoms with van der Waals surface area (Å²) in [6.45, 7) is 14.9. The van der Waals surface area contributed by atoms with Crippen LogP contribution in [0.4, 0.5) is 4.79 Å². The van der Waals surface area contributed by atoms with E-state index in [1.54, 1.807) is 43.4 Å². The van der Waals surface area contributed by atoms with Crippen LogP contribution >= 0.6 is 0 Å². The van der Waals surface area contributed by atoms with Crippen molar-refractivity contribution < 1.29 is 33.4 Å². The standard InChI is InChI=1S/C36H46N2O7/c1-8-9-14-26-27-18-20(2)17-23(5)31(39)24(6)19-25(7)34(45-36(37)43)21(3)12-10-13-22(4)35(42)38-30(33(27)41)29(32(26)40)28-15-11-16-44-28/h8,10-13,15-16,19-21,23-24,31,34,39H,1,9,14,17-18H2,2-7H3,(H2,37,43)(H,38,42)/b12-10-,22-13+,25-19+/t20-,21-,23-,24-,31-,34+/m0/s1. The smallest absolute Gasteiger partial charge is 0.405 e. The first-order valence-corrected chi connectivity index (χ1v) is 15.5. The molecule has 9 nitrogen and oxygen atoms in total. The molecule has 4 N–H and O–H groups in total. The van der Waals surface area contributed by atoms with Crippen molar-refractivity contribution in [3.8, 4) is 0 Å². The van der Waals surface area contributed by atoms with Gasteiger partial charge >= 0.3 is 6.09 Å². The summed E-state index contributed by atoms with van der Waals surface area (Å²) in [7, 11) is 0. The van der Waals surface area contributed by atoms with Crippen molar-refractivity contribution in [1.29, 1.82) is 0 Å². The van der Waals surface area contributed by atoms with E-state index in [1.807, 2.05) is 40.7 Å². The van der Waals surface area contributed by atoms with Crippen LogP contribution in [0, 0.1) is 23.7 Å². The molecule has 3 rings (SSSR count). The minimum Gasteiger partial charge on any atom is -0.464 e. The first kappa shape index (κ1) is 35.2. The molecule has 1 aromatic rings. The van der Waals surface area contributed by atoms with Crippen molar-refractivity contribution in [2.75, 3.05) is 0 Å². The second-order valence-electron chi connectivity index (χ2n) is 12.4. The third-order valence-electron chi connectivity index (χ3n) is 8.48. The summed E-state index contributed by atoms with van der Waals surface area (Å²) in [6, 6.07) is 3.21. The van der Waals surface area contributed by atoms with Gasteiger partial charge in [-0.25, -0.2) is 4.79 Å². The van der Waals surface area contributed by atoms with Gasteiger partial charge in [0.2, 0.25) is 5.78 Å². The number of Topliss-reactive ketones (excluding diaryl/α,β-unsaturated/α-hetero) is 2. The number of hydrogen-bond donors (Lipinski definition) is 3. The Morgan fingerprint density at radius 3 is 2.49 bits per heavy atom. The molecule has 1 aromatic heterocycles. The molecule has 242 valence electrons. The zero-order chi connectivity index (χ0) is 33.4. The normalized spacial score (nSPS) is 30.6. The van der Waals surface area contributed by atoms with Crippen molar-refractivity contribution in [2.24, 2.45) is 29.4 Å². The van der Waals surface area contributed by atoms with Crippen LogP contribution in [0.25, 0.3) is 5.57 Å². The number of ketones is 2. The van der Waals surface area contributed by atoms with Gasteiger partial charge in [0.05, 0.1) is 17.9 Å². The summed E-state index contributed by atoms with van der Waals surface area (Å²) in [6.07, 6.45) is 9.34. The maximum Gasteiger partial charge on any atom is 0.405 e. The van der Waals surface area contributed by atoms with Crippen LogP contribution in [0.2, 0.25) is 0 Å². The van der Waals surface area contributed by atoms with Gasteiger partial charge in [0.1, 0.15) is 17.6 Å². The number of carbonyl (C=O) groups excluding carboxylic acids is 4. The first-order valence-electron chi connectivity index (χ1n) is 15.5. The van der Waals surface area contributed by atoms with Crippen molar-refractivity contribution >= 4 is 29.1 Å². The van der Waals surface area contributed by atoms with Crippen molar-refractivity contribution in [3.63, 3.8) is 0 Å². The summed E-state index contributed by atoms with van der Waals surface area (Å²) < 4.78 is 11.0. The summed E-state index contributed by atoms with van der Waals surface area (Å²) >= 11 is 0. The molecule has 0 unspecified atom stereocenters. The number of aliphatic hydroxyl groups excluding tert-OH is 1. The van der Waals surface area contributed by atoms with Gasteiger partial charge in [0.25, 0.3) is 5.91 Å². The summed E-state index contributed by atoms with van der Waals surface area (Å²) in [4.78, 5) is 53.4. The molecule has 0 saturated heterocycles. The Hall–Kier alpha value is -4.24. The Bertz CT molecular complexity index is 1460. The lowest BCUT2D eigenvalue weighted by molar-refractivity contribution is -0.120. The number of allylic oxidation sites excluding steroid dienone is 6. The van der Waals surface area contributed by atoms with Crippen LogP contribution in [0.5, 0.6) is 0 Å². The quantitative estimate of drug-likeness (QED) is 0.265. The van der Waals surface area contributed by atoms with Crippen LogP contribution in [-0.2, 0) is 19.1 Å². The summed E-state index contributed by atoms with van der Waals surface area (Å²) in [5, 5.41) is 14.0. The SMILES string of the molecule is C=CCCC1=C2C[C@@H](C)C[C@H](C)[C@H](O)[C@@H](C)/C=C(\C)[C@H](OC(N)=O)[C@@H](C)/C=C\C=C(/C)C(=O)NC(=C(c3ccco3)C1=O)C2=O. The molecule has 0 saturated carbocycles. The van der Waals surface area contributed by atoms with Gasteiger partial charge in [-0.15, -0.1) is 6.58 Å². The molecule has 0 spiro atoms. The van der Waals surface area contributed by atoms with Crippen LogP contribution in [-0.4, -0.2) is 40.9 Å². The maximum atomic E-state index is 14.2. The number of rotatable bonds is 5. The maximum absolute atomic E-state index is 14.2. The second-order valence-corrected chi connectivity index (χ2v) is 12.4. The van der Waals surface area contributed by atoms with Crippen LogP contribution in [0.15, 0.2) is 87.8 Å². The third-order valence-corrected chi connectivity index (χ3v) is 8.48. The molecular formula is C36H46N2O7. The summed E-state index contributed by atoms with van der Waals surface area (Å²) in [5.41, 5.74) is 7.03. The molecule has 45 heavy (non-hydrogen) atoms. The highest BCUT2D eigenvalue weighted by molar-refractivity contribution is 6.39. The Morgan fingerprint density at radius 1 is 1.16 bits per heavy atom. The van der Waals surface area contributed by atoms with Gasteiger partial charge in [0.15, 0.2) is 5.78 Å². The van der Waals surface area contributed by atoms with E-state index in [4.69, 9.17) is 14.9 Å². The van der Waals surface area contributed by atoms with E-state index < -0.39 is 30.0 Å². The van der Waals surface area contributed by atoms with Gasteiger partial charge in [-0.1, -0.05) is 58.1 Å². The average molecular weight is 619 g/mol. The Morgan fingerprint density at radius 2 is 1.87 bits per heavy atom. The van der Waals surface area contributed by atoms with Gasteiger partial charge in [0, 0.05) is 28.6 Å². The highest BCUT2D eigenvalue weighted by atomic mass is 16.6. The first-order chi connectivity index (χ1) is 21.3. The number of primary amides is 1. The highest BCUT2D eigenvalue weighted by Gasteiger charge is 2.38. The predicted octanol–water partition coefficient (Wildman–Crippen LogP) is 6.13. The third kappa shape index (κ3) is 8.69. The minimum atomic E-state index is -0.916. The molecule has 1 aliphatic heterocycles. The monoisotopic (exact) mass is 618 g/mol. The zero-order valence-electron chi connectivity index (χ0n) is 27.1. The van der Waals surface area contributed by atoms with E-state index in [0.717, 1.165) is 5.57 Å². The van der Waals surface area contributed by atoms with Crippen LogP contribution in [0.3, 0.4) is 0 Å². The fourth-order valence-electron chi connectivity index (χ4n) is 6.14. The van der Waals surface area contributed by atoms with E-state index >= 15 is 0 Å². The molecule has 9 heteroatoms. The zero-order valence-corrected chi connectivity index (χ0v) is 27.1. The number of hydrogen-bond acceptors (Lipinski definition) is 7. The van der Waals surface area contributed by atoms with Gasteiger partial charge < -0.3 is 25.3 Å². The minimum absolute atomic E-state index is 0.0160. The molecule has 1 aliphatic carbocycles. The molecule has 0 aromatic carbocycles. The molecule has 0 fully saturated rings. The van der Waals surface area contributed by atoms with Gasteiger partial charge in [-0.2, -0.15) is 0 Å². The van der Waals surface area contributed by atoms with Gasteiger partial charge in [-0.3, -0.25) is 14.4 Å². The molecule has 2 amide bonds. The lowest BCUT2D eigenvalue weighted by atomic mass is 9.78. The Labute approximate surface area is 265 Å². The molecule has 2 heterocycles. The molecule has 2 aliphatic rings. The average Bonchev–Trinajstić information content (AvgIpc) is 3.51. The number of nitrogens with one attached hydrogen (secondary N) is 1. The van der Waals surface area contributed by atoms with Crippen LogP contribution in [0.1, 0.15) is 73.0 Å². The predicted molar refractivity (Wildman–Crippen MR) is 173 cm³/mol. The second kappa shape index (κ2) is 15.7. The highest BCUT2D eigenvalue weighted by Crippen LogP contribution is 2.37. The Balaban J connectivity index is 2.16. The van der Waals surface area contributed by atoms with E-state index in [9.17, 15) is 24.3 Å². The lowest BCUT2D eigenvalue weighted by Gasteiger charge is -2.29. The van der Waals surface area contributed by atoms with Crippen LogP contribution < -0.4 is 11.1 Å². The van der Waals surface area contributed by atoms with E-state index in [2.05, 4.69) is 11.9 Å². The Kier molecular flexibility index (Phi) is 12.3. The largest absolute Gasteiger partial charge is 0.464 e. The fourth-order valence-corrected chi connectivity index (χ4v) is 6.14.